The monoisotopic (exact) mass is 285 g/mol. The van der Waals surface area contributed by atoms with Crippen LogP contribution in [-0.4, -0.2) is 6.04 Å². The Balaban J connectivity index is 1.71. The molecule has 0 bridgehead atoms. The van der Waals surface area contributed by atoms with E-state index in [0.717, 1.165) is 11.8 Å². The molecule has 3 rings (SSSR count). The third kappa shape index (κ3) is 3.88. The van der Waals surface area contributed by atoms with E-state index in [1.165, 1.54) is 63.4 Å². The van der Waals surface area contributed by atoms with Crippen LogP contribution < -0.4 is 5.32 Å². The maximum absolute atomic E-state index is 4.04. The van der Waals surface area contributed by atoms with Crippen LogP contribution in [-0.2, 0) is 0 Å². The van der Waals surface area contributed by atoms with Crippen molar-refractivity contribution in [3.63, 3.8) is 0 Å². The second kappa shape index (κ2) is 7.45. The molecule has 1 N–H and O–H groups in total. The predicted octanol–water partition coefficient (Wildman–Crippen LogP) is 5.48. The van der Waals surface area contributed by atoms with Gasteiger partial charge in [0.25, 0.3) is 0 Å². The molecule has 0 spiro atoms. The molecule has 21 heavy (non-hydrogen) atoms. The molecule has 0 radical (unpaired) electrons. The van der Waals surface area contributed by atoms with Crippen LogP contribution in [0.1, 0.15) is 76.3 Å². The maximum Gasteiger partial charge on any atom is 0.0351 e. The lowest BCUT2D eigenvalue weighted by Gasteiger charge is -2.35. The van der Waals surface area contributed by atoms with E-state index in [4.69, 9.17) is 0 Å². The zero-order valence-corrected chi connectivity index (χ0v) is 13.6. The van der Waals surface area contributed by atoms with E-state index in [0.29, 0.717) is 12.1 Å². The van der Waals surface area contributed by atoms with Gasteiger partial charge in [0.05, 0.1) is 0 Å². The molecule has 0 saturated heterocycles. The SMILES string of the molecule is C[C@@H](NC(c1ccccc1)C1CCCCC1)C1CCCC1. The number of nitrogens with one attached hydrogen (secondary N) is 1. The average Bonchev–Trinajstić information content (AvgIpc) is 3.09. The first kappa shape index (κ1) is 15.1. The summed E-state index contributed by atoms with van der Waals surface area (Å²) in [5.41, 5.74) is 1.51. The van der Waals surface area contributed by atoms with Crippen molar-refractivity contribution in [1.29, 1.82) is 0 Å². The third-order valence-electron chi connectivity index (χ3n) is 5.83. The van der Waals surface area contributed by atoms with Gasteiger partial charge in [-0.1, -0.05) is 62.4 Å². The summed E-state index contributed by atoms with van der Waals surface area (Å²) in [5.74, 6) is 1.74. The zero-order valence-electron chi connectivity index (χ0n) is 13.6. The molecule has 0 amide bonds. The molecule has 2 fully saturated rings. The topological polar surface area (TPSA) is 12.0 Å². The second-order valence-electron chi connectivity index (χ2n) is 7.29. The first-order valence-corrected chi connectivity index (χ1v) is 9.15. The van der Waals surface area contributed by atoms with Gasteiger partial charge < -0.3 is 5.32 Å². The molecule has 0 heterocycles. The Morgan fingerprint density at radius 2 is 1.38 bits per heavy atom. The molecule has 0 aliphatic heterocycles. The van der Waals surface area contributed by atoms with Gasteiger partial charge in [-0.25, -0.2) is 0 Å². The average molecular weight is 285 g/mol. The predicted molar refractivity (Wildman–Crippen MR) is 90.3 cm³/mol. The van der Waals surface area contributed by atoms with Crippen molar-refractivity contribution in [3.8, 4) is 0 Å². The highest BCUT2D eigenvalue weighted by Crippen LogP contribution is 2.36. The summed E-state index contributed by atoms with van der Waals surface area (Å²) >= 11 is 0. The zero-order chi connectivity index (χ0) is 14.5. The number of rotatable bonds is 5. The molecule has 1 unspecified atom stereocenters. The molecule has 1 heteroatoms. The van der Waals surface area contributed by atoms with Gasteiger partial charge in [-0.3, -0.25) is 0 Å². The van der Waals surface area contributed by atoms with Gasteiger partial charge in [-0.2, -0.15) is 0 Å². The maximum atomic E-state index is 4.04. The fourth-order valence-corrected chi connectivity index (χ4v) is 4.51. The van der Waals surface area contributed by atoms with E-state index in [-0.39, 0.29) is 0 Å². The van der Waals surface area contributed by atoms with Crippen LogP contribution in [0, 0.1) is 11.8 Å². The highest BCUT2D eigenvalue weighted by molar-refractivity contribution is 5.20. The molecular weight excluding hydrogens is 254 g/mol. The first-order valence-electron chi connectivity index (χ1n) is 9.15. The van der Waals surface area contributed by atoms with Crippen LogP contribution >= 0.6 is 0 Å². The van der Waals surface area contributed by atoms with Gasteiger partial charge in [0.1, 0.15) is 0 Å². The largest absolute Gasteiger partial charge is 0.307 e. The molecule has 116 valence electrons. The Morgan fingerprint density at radius 1 is 0.810 bits per heavy atom. The van der Waals surface area contributed by atoms with E-state index in [9.17, 15) is 0 Å². The summed E-state index contributed by atoms with van der Waals surface area (Å²) < 4.78 is 0. The molecule has 0 aromatic heterocycles. The first-order chi connectivity index (χ1) is 10.3. The molecule has 2 aliphatic rings. The molecule has 2 aliphatic carbocycles. The van der Waals surface area contributed by atoms with E-state index >= 15 is 0 Å². The quantitative estimate of drug-likeness (QED) is 0.755. The summed E-state index contributed by atoms with van der Waals surface area (Å²) in [7, 11) is 0. The number of benzene rings is 1. The van der Waals surface area contributed by atoms with Crippen molar-refractivity contribution in [2.45, 2.75) is 76.8 Å². The second-order valence-corrected chi connectivity index (χ2v) is 7.29. The lowest BCUT2D eigenvalue weighted by molar-refractivity contribution is 0.234. The van der Waals surface area contributed by atoms with E-state index < -0.39 is 0 Å². The van der Waals surface area contributed by atoms with Crippen LogP contribution in [0.4, 0.5) is 0 Å². The van der Waals surface area contributed by atoms with Crippen LogP contribution in [0.15, 0.2) is 30.3 Å². The van der Waals surface area contributed by atoms with E-state index in [1.807, 2.05) is 0 Å². The van der Waals surface area contributed by atoms with Crippen LogP contribution in [0.2, 0.25) is 0 Å². The third-order valence-corrected chi connectivity index (χ3v) is 5.83. The minimum absolute atomic E-state index is 0.571. The Hall–Kier alpha value is -0.820. The van der Waals surface area contributed by atoms with Crippen molar-refractivity contribution < 1.29 is 0 Å². The van der Waals surface area contributed by atoms with E-state index in [2.05, 4.69) is 42.6 Å². The summed E-state index contributed by atoms with van der Waals surface area (Å²) in [6.45, 7) is 2.43. The lowest BCUT2D eigenvalue weighted by atomic mass is 9.80. The van der Waals surface area contributed by atoms with Gasteiger partial charge in [-0.15, -0.1) is 0 Å². The Labute approximate surface area is 130 Å². The fraction of sp³-hybridized carbons (Fsp3) is 0.700. The molecule has 2 saturated carbocycles. The molecular formula is C20H31N. The fourth-order valence-electron chi connectivity index (χ4n) is 4.51. The number of hydrogen-bond acceptors (Lipinski definition) is 1. The highest BCUT2D eigenvalue weighted by Gasteiger charge is 2.29. The summed E-state index contributed by atoms with van der Waals surface area (Å²) in [4.78, 5) is 0. The molecule has 1 nitrogen and oxygen atoms in total. The van der Waals surface area contributed by atoms with Crippen molar-refractivity contribution in [2.75, 3.05) is 0 Å². The van der Waals surface area contributed by atoms with Crippen molar-refractivity contribution in [1.82, 2.24) is 5.32 Å². The lowest BCUT2D eigenvalue weighted by Crippen LogP contribution is -2.39. The van der Waals surface area contributed by atoms with Gasteiger partial charge in [0.2, 0.25) is 0 Å². The van der Waals surface area contributed by atoms with Crippen molar-refractivity contribution >= 4 is 0 Å². The summed E-state index contributed by atoms with van der Waals surface area (Å²) in [5, 5.41) is 4.04. The molecule has 1 aromatic rings. The van der Waals surface area contributed by atoms with E-state index in [1.54, 1.807) is 0 Å². The highest BCUT2D eigenvalue weighted by atomic mass is 15.0. The van der Waals surface area contributed by atoms with Crippen molar-refractivity contribution in [3.05, 3.63) is 35.9 Å². The Morgan fingerprint density at radius 3 is 2.05 bits per heavy atom. The van der Waals surface area contributed by atoms with Crippen LogP contribution in [0.25, 0.3) is 0 Å². The minimum atomic E-state index is 0.571. The van der Waals surface area contributed by atoms with Gasteiger partial charge in [-0.05, 0) is 50.0 Å². The minimum Gasteiger partial charge on any atom is -0.307 e. The standard InChI is InChI=1S/C20H31N/c1-16(17-10-8-9-11-17)21-20(18-12-4-2-5-13-18)19-14-6-3-7-15-19/h2,4-5,12-13,16-17,19-21H,3,6-11,14-15H2,1H3/t16-,20?/m1/s1. The number of hydrogen-bond donors (Lipinski definition) is 1. The normalized spacial score (nSPS) is 24.0. The molecule has 1 aromatic carbocycles. The van der Waals surface area contributed by atoms with Crippen LogP contribution in [0.5, 0.6) is 0 Å². The summed E-state index contributed by atoms with van der Waals surface area (Å²) in [6.07, 6.45) is 12.8. The molecule has 2 atom stereocenters. The Bertz CT molecular complexity index is 401. The van der Waals surface area contributed by atoms with Crippen molar-refractivity contribution in [2.24, 2.45) is 11.8 Å². The smallest absolute Gasteiger partial charge is 0.0351 e. The summed E-state index contributed by atoms with van der Waals surface area (Å²) in [6, 6.07) is 12.4. The van der Waals surface area contributed by atoms with Gasteiger partial charge in [0, 0.05) is 12.1 Å². The Kier molecular flexibility index (Phi) is 5.35. The van der Waals surface area contributed by atoms with Gasteiger partial charge >= 0.3 is 0 Å². The van der Waals surface area contributed by atoms with Crippen LogP contribution in [0.3, 0.4) is 0 Å². The van der Waals surface area contributed by atoms with Gasteiger partial charge in [0.15, 0.2) is 0 Å².